The molecule has 138 valence electrons. The Balaban J connectivity index is 2.46. The molecule has 1 atom stereocenters. The summed E-state index contributed by atoms with van der Waals surface area (Å²) < 4.78 is 45.6. The van der Waals surface area contributed by atoms with Crippen molar-refractivity contribution in [2.24, 2.45) is 5.92 Å². The van der Waals surface area contributed by atoms with Crippen LogP contribution in [0.3, 0.4) is 0 Å². The van der Waals surface area contributed by atoms with Gasteiger partial charge in [-0.3, -0.25) is 4.68 Å². The van der Waals surface area contributed by atoms with Gasteiger partial charge in [-0.25, -0.2) is 0 Å². The molecule has 0 N–H and O–H groups in total. The Bertz CT molecular complexity index is 741. The van der Waals surface area contributed by atoms with Crippen molar-refractivity contribution in [3.63, 3.8) is 0 Å². The predicted molar refractivity (Wildman–Crippen MR) is 93.2 cm³/mol. The van der Waals surface area contributed by atoms with Gasteiger partial charge in [-0.1, -0.05) is 31.5 Å². The number of nitrogens with zero attached hydrogens (tertiary/aromatic N) is 2. The summed E-state index contributed by atoms with van der Waals surface area (Å²) in [5.74, 6) is -0.925. The number of aromatic nitrogens is 2. The van der Waals surface area contributed by atoms with E-state index in [1.165, 1.54) is 14.0 Å². The second-order valence-electron chi connectivity index (χ2n) is 5.96. The van der Waals surface area contributed by atoms with Gasteiger partial charge < -0.3 is 4.74 Å². The fourth-order valence-electron chi connectivity index (χ4n) is 2.73. The summed E-state index contributed by atoms with van der Waals surface area (Å²) in [5, 5.41) is 5.04. The number of hydrogen-bond donors (Lipinski definition) is 0. The van der Waals surface area contributed by atoms with Gasteiger partial charge in [0, 0.05) is 12.1 Å². The van der Waals surface area contributed by atoms with Crippen LogP contribution in [0.25, 0.3) is 11.3 Å². The van der Waals surface area contributed by atoms with Crippen molar-refractivity contribution in [2.45, 2.75) is 46.3 Å². The van der Waals surface area contributed by atoms with E-state index in [0.717, 1.165) is 17.0 Å². The SMILES string of the molecule is CCc1nn(CC)c(-c2ccc(CC(C)C(F)(F)F)cc2OC)c1Cl. The summed E-state index contributed by atoms with van der Waals surface area (Å²) >= 11 is 6.47. The molecule has 0 spiro atoms. The zero-order valence-corrected chi connectivity index (χ0v) is 15.5. The normalized spacial score (nSPS) is 13.1. The summed E-state index contributed by atoms with van der Waals surface area (Å²) in [5.41, 5.74) is 2.81. The molecule has 0 aliphatic heterocycles. The third kappa shape index (κ3) is 4.11. The van der Waals surface area contributed by atoms with Gasteiger partial charge in [0.15, 0.2) is 0 Å². The van der Waals surface area contributed by atoms with E-state index in [1.54, 1.807) is 22.9 Å². The third-order valence-electron chi connectivity index (χ3n) is 4.22. The van der Waals surface area contributed by atoms with Crippen molar-refractivity contribution in [3.05, 3.63) is 34.5 Å². The van der Waals surface area contributed by atoms with Gasteiger partial charge in [0.1, 0.15) is 5.75 Å². The number of rotatable bonds is 6. The first-order valence-electron chi connectivity index (χ1n) is 8.22. The second-order valence-corrected chi connectivity index (χ2v) is 6.34. The Hall–Kier alpha value is -1.69. The molecule has 3 nitrogen and oxygen atoms in total. The van der Waals surface area contributed by atoms with E-state index < -0.39 is 12.1 Å². The van der Waals surface area contributed by atoms with Crippen LogP contribution >= 0.6 is 11.6 Å². The average Bonchev–Trinajstić information content (AvgIpc) is 2.89. The number of hydrogen-bond acceptors (Lipinski definition) is 2. The number of ether oxygens (including phenoxy) is 1. The van der Waals surface area contributed by atoms with Crippen molar-refractivity contribution >= 4 is 11.6 Å². The van der Waals surface area contributed by atoms with E-state index in [4.69, 9.17) is 16.3 Å². The van der Waals surface area contributed by atoms with Gasteiger partial charge in [-0.15, -0.1) is 0 Å². The molecule has 0 fully saturated rings. The number of methoxy groups -OCH3 is 1. The smallest absolute Gasteiger partial charge is 0.391 e. The molecule has 1 unspecified atom stereocenters. The van der Waals surface area contributed by atoms with Gasteiger partial charge in [0.2, 0.25) is 0 Å². The largest absolute Gasteiger partial charge is 0.496 e. The molecular formula is C18H22ClF3N2O. The highest BCUT2D eigenvalue weighted by Crippen LogP contribution is 2.38. The van der Waals surface area contributed by atoms with Gasteiger partial charge >= 0.3 is 6.18 Å². The summed E-state index contributed by atoms with van der Waals surface area (Å²) in [4.78, 5) is 0. The second kappa shape index (κ2) is 7.68. The number of alkyl halides is 3. The first-order chi connectivity index (χ1) is 11.7. The van der Waals surface area contributed by atoms with Crippen LogP contribution in [0.5, 0.6) is 5.75 Å². The zero-order valence-electron chi connectivity index (χ0n) is 14.7. The lowest BCUT2D eigenvalue weighted by Gasteiger charge is -2.17. The number of halogens is 4. The predicted octanol–water partition coefficient (Wildman–Crippen LogP) is 5.54. The third-order valence-corrected chi connectivity index (χ3v) is 4.61. The van der Waals surface area contributed by atoms with Crippen LogP contribution in [-0.4, -0.2) is 23.1 Å². The van der Waals surface area contributed by atoms with Gasteiger partial charge in [-0.05, 0) is 37.5 Å². The van der Waals surface area contributed by atoms with Crippen LogP contribution < -0.4 is 4.74 Å². The molecule has 2 aromatic rings. The molecule has 0 saturated heterocycles. The van der Waals surface area contributed by atoms with Crippen molar-refractivity contribution in [1.29, 1.82) is 0 Å². The first-order valence-corrected chi connectivity index (χ1v) is 8.59. The lowest BCUT2D eigenvalue weighted by Crippen LogP contribution is -2.21. The minimum atomic E-state index is -4.22. The molecule has 0 radical (unpaired) electrons. The Morgan fingerprint density at radius 1 is 1.28 bits per heavy atom. The highest BCUT2D eigenvalue weighted by atomic mass is 35.5. The molecule has 2 rings (SSSR count). The first kappa shape index (κ1) is 19.6. The van der Waals surface area contributed by atoms with Crippen LogP contribution in [0.2, 0.25) is 5.02 Å². The van der Waals surface area contributed by atoms with E-state index in [0.29, 0.717) is 29.3 Å². The molecule has 1 heterocycles. The molecule has 1 aromatic carbocycles. The molecule has 1 aromatic heterocycles. The van der Waals surface area contributed by atoms with E-state index in [2.05, 4.69) is 5.10 Å². The molecular weight excluding hydrogens is 353 g/mol. The molecule has 0 aliphatic rings. The van der Waals surface area contributed by atoms with Crippen molar-refractivity contribution in [2.75, 3.05) is 7.11 Å². The molecule has 0 bridgehead atoms. The van der Waals surface area contributed by atoms with Crippen LogP contribution in [0, 0.1) is 5.92 Å². The van der Waals surface area contributed by atoms with Crippen LogP contribution in [0.1, 0.15) is 32.0 Å². The highest BCUT2D eigenvalue weighted by Gasteiger charge is 2.35. The van der Waals surface area contributed by atoms with E-state index in [1.807, 2.05) is 13.8 Å². The summed E-state index contributed by atoms with van der Waals surface area (Å²) in [6.45, 7) is 5.73. The Morgan fingerprint density at radius 3 is 2.48 bits per heavy atom. The maximum Gasteiger partial charge on any atom is 0.391 e. The molecule has 0 amide bonds. The number of benzene rings is 1. The van der Waals surface area contributed by atoms with Crippen molar-refractivity contribution in [3.8, 4) is 17.0 Å². The van der Waals surface area contributed by atoms with E-state index >= 15 is 0 Å². The minimum absolute atomic E-state index is 0.0961. The summed E-state index contributed by atoms with van der Waals surface area (Å²) in [7, 11) is 1.50. The number of aryl methyl sites for hydroxylation is 2. The molecule has 7 heteroatoms. The average molecular weight is 375 g/mol. The van der Waals surface area contributed by atoms with Gasteiger partial charge in [0.05, 0.1) is 29.4 Å². The lowest BCUT2D eigenvalue weighted by molar-refractivity contribution is -0.169. The lowest BCUT2D eigenvalue weighted by atomic mass is 9.98. The summed E-state index contributed by atoms with van der Waals surface area (Å²) in [6.07, 6.45) is -3.62. The molecule has 0 aliphatic carbocycles. The fraction of sp³-hybridized carbons (Fsp3) is 0.500. The van der Waals surface area contributed by atoms with Crippen LogP contribution in [0.15, 0.2) is 18.2 Å². The van der Waals surface area contributed by atoms with Crippen LogP contribution in [-0.2, 0) is 19.4 Å². The van der Waals surface area contributed by atoms with Crippen molar-refractivity contribution < 1.29 is 17.9 Å². The maximum atomic E-state index is 12.8. The van der Waals surface area contributed by atoms with Gasteiger partial charge in [0.25, 0.3) is 0 Å². The Kier molecular flexibility index (Phi) is 6.03. The monoisotopic (exact) mass is 374 g/mol. The highest BCUT2D eigenvalue weighted by molar-refractivity contribution is 6.33. The minimum Gasteiger partial charge on any atom is -0.496 e. The van der Waals surface area contributed by atoms with Gasteiger partial charge in [-0.2, -0.15) is 18.3 Å². The van der Waals surface area contributed by atoms with Crippen molar-refractivity contribution in [1.82, 2.24) is 9.78 Å². The Morgan fingerprint density at radius 2 is 1.96 bits per heavy atom. The molecule has 25 heavy (non-hydrogen) atoms. The van der Waals surface area contributed by atoms with Crippen LogP contribution in [0.4, 0.5) is 13.2 Å². The molecule has 0 saturated carbocycles. The standard InChI is InChI=1S/C18H22ClF3N2O/c1-5-14-16(19)17(24(6-2)23-14)13-8-7-12(10-15(13)25-4)9-11(3)18(20,21)22/h7-8,10-11H,5-6,9H2,1-4H3. The fourth-order valence-corrected chi connectivity index (χ4v) is 3.10. The van der Waals surface area contributed by atoms with E-state index in [9.17, 15) is 13.2 Å². The van der Waals surface area contributed by atoms with E-state index in [-0.39, 0.29) is 6.42 Å². The summed E-state index contributed by atoms with van der Waals surface area (Å²) in [6, 6.07) is 5.09. The quantitative estimate of drug-likeness (QED) is 0.664. The Labute approximate surface area is 150 Å². The zero-order chi connectivity index (χ0) is 18.8. The topological polar surface area (TPSA) is 27.1 Å². The maximum absolute atomic E-state index is 12.8.